The summed E-state index contributed by atoms with van der Waals surface area (Å²) in [4.78, 5) is 68.1. The predicted molar refractivity (Wildman–Crippen MR) is 144 cm³/mol. The van der Waals surface area contributed by atoms with Crippen molar-refractivity contribution in [1.82, 2.24) is 20.9 Å². The average Bonchev–Trinajstić information content (AvgIpc) is 2.87. The van der Waals surface area contributed by atoms with Gasteiger partial charge in [0.2, 0.25) is 18.2 Å². The Morgan fingerprint density at radius 3 is 2.05 bits per heavy atom. The van der Waals surface area contributed by atoms with Crippen LogP contribution in [0.4, 0.5) is 4.79 Å². The number of hydrogen-bond donors (Lipinski definition) is 4. The van der Waals surface area contributed by atoms with Gasteiger partial charge in [-0.1, -0.05) is 40.7 Å². The molecule has 0 aliphatic rings. The fraction of sp³-hybridized carbons (Fsp3) is 0.680. The highest BCUT2D eigenvalue weighted by atomic mass is 16.5. The number of amides is 6. The third-order valence-electron chi connectivity index (χ3n) is 4.13. The maximum Gasteiger partial charge on any atom is 0.312 e. The molecule has 0 bridgehead atoms. The van der Waals surface area contributed by atoms with Crippen molar-refractivity contribution >= 4 is 35.9 Å². The molecule has 220 valence electrons. The fourth-order valence-electron chi connectivity index (χ4n) is 2.32. The summed E-state index contributed by atoms with van der Waals surface area (Å²) >= 11 is 0. The Kier molecular flexibility index (Phi) is 27.6. The quantitative estimate of drug-likeness (QED) is 0.116. The first-order valence-electron chi connectivity index (χ1n) is 12.6. The Balaban J connectivity index is -0.00000117. The van der Waals surface area contributed by atoms with Gasteiger partial charge in [0, 0.05) is 6.54 Å². The van der Waals surface area contributed by atoms with Gasteiger partial charge in [0.05, 0.1) is 32.9 Å². The number of ketones is 1. The molecule has 0 rings (SSSR count). The average molecular weight is 546 g/mol. The van der Waals surface area contributed by atoms with Gasteiger partial charge >= 0.3 is 6.03 Å². The van der Waals surface area contributed by atoms with Gasteiger partial charge in [0.1, 0.15) is 18.4 Å². The van der Waals surface area contributed by atoms with Crippen LogP contribution < -0.4 is 21.7 Å². The van der Waals surface area contributed by atoms with Gasteiger partial charge < -0.3 is 31.2 Å². The number of rotatable bonds is 17. The maximum atomic E-state index is 12.0. The summed E-state index contributed by atoms with van der Waals surface area (Å²) in [5.41, 5.74) is 4.73. The molecule has 0 aliphatic carbocycles. The van der Waals surface area contributed by atoms with Crippen LogP contribution in [0, 0.1) is 5.92 Å². The second-order valence-corrected chi connectivity index (χ2v) is 7.80. The predicted octanol–water partition coefficient (Wildman–Crippen LogP) is 0.518. The van der Waals surface area contributed by atoms with Crippen molar-refractivity contribution in [3.8, 4) is 0 Å². The van der Waals surface area contributed by atoms with Gasteiger partial charge in [-0.15, -0.1) is 0 Å². The first-order chi connectivity index (χ1) is 18.0. The number of allylic oxidation sites excluding steroid dienone is 1. The number of urea groups is 1. The Morgan fingerprint density at radius 1 is 1.00 bits per heavy atom. The highest BCUT2D eigenvalue weighted by Gasteiger charge is 2.24. The smallest absolute Gasteiger partial charge is 0.312 e. The van der Waals surface area contributed by atoms with Crippen molar-refractivity contribution in [2.45, 2.75) is 60.9 Å². The summed E-state index contributed by atoms with van der Waals surface area (Å²) in [5, 5.41) is 7.47. The van der Waals surface area contributed by atoms with Gasteiger partial charge in [0.25, 0.3) is 5.91 Å². The molecule has 0 radical (unpaired) electrons. The zero-order valence-electron chi connectivity index (χ0n) is 23.8. The molecule has 0 fully saturated rings. The number of carbonyl (C=O) groups is 6. The molecular formula is C25H47N5O8. The van der Waals surface area contributed by atoms with Gasteiger partial charge in [-0.2, -0.15) is 0 Å². The van der Waals surface area contributed by atoms with E-state index in [1.165, 1.54) is 19.1 Å². The molecule has 1 atom stereocenters. The van der Waals surface area contributed by atoms with Gasteiger partial charge in [-0.25, -0.2) is 4.79 Å². The van der Waals surface area contributed by atoms with Crippen LogP contribution in [-0.2, 0) is 33.4 Å². The molecule has 0 heterocycles. The van der Waals surface area contributed by atoms with Crippen molar-refractivity contribution in [2.24, 2.45) is 11.7 Å². The summed E-state index contributed by atoms with van der Waals surface area (Å²) in [6.45, 7) is 13.4. The van der Waals surface area contributed by atoms with Crippen LogP contribution in [-0.4, -0.2) is 92.9 Å². The largest absolute Gasteiger partial charge is 0.377 e. The highest BCUT2D eigenvalue weighted by Crippen LogP contribution is 2.02. The summed E-state index contributed by atoms with van der Waals surface area (Å²) < 4.78 is 10.4. The van der Waals surface area contributed by atoms with E-state index < -0.39 is 29.8 Å². The zero-order valence-corrected chi connectivity index (χ0v) is 23.8. The second kappa shape index (κ2) is 26.7. The Morgan fingerprint density at radius 2 is 1.61 bits per heavy atom. The Hall–Kier alpha value is -3.32. The number of nitrogens with two attached hydrogens (primary N) is 1. The number of ether oxygens (including phenoxy) is 2. The molecule has 38 heavy (non-hydrogen) atoms. The molecule has 1 unspecified atom stereocenters. The third kappa shape index (κ3) is 24.4. The summed E-state index contributed by atoms with van der Waals surface area (Å²) in [5.74, 6) is -1.67. The van der Waals surface area contributed by atoms with E-state index in [1.807, 2.05) is 20.8 Å². The molecule has 5 N–H and O–H groups in total. The number of nitrogens with zero attached hydrogens (tertiary/aromatic N) is 1. The summed E-state index contributed by atoms with van der Waals surface area (Å²) in [6, 6.07) is -1.22. The fourth-order valence-corrected chi connectivity index (χ4v) is 2.32. The van der Waals surface area contributed by atoms with Crippen LogP contribution in [0.25, 0.3) is 0 Å². The topological polar surface area (TPSA) is 186 Å². The number of imide groups is 1. The van der Waals surface area contributed by atoms with Crippen molar-refractivity contribution in [1.29, 1.82) is 0 Å². The molecule has 0 saturated carbocycles. The molecular weight excluding hydrogens is 498 g/mol. The monoisotopic (exact) mass is 545 g/mol. The van der Waals surface area contributed by atoms with Gasteiger partial charge in [-0.05, 0) is 32.3 Å². The van der Waals surface area contributed by atoms with Crippen molar-refractivity contribution in [3.63, 3.8) is 0 Å². The minimum atomic E-state index is -0.772. The normalized spacial score (nSPS) is 10.7. The summed E-state index contributed by atoms with van der Waals surface area (Å²) in [7, 11) is 0. The van der Waals surface area contributed by atoms with Crippen LogP contribution >= 0.6 is 0 Å². The maximum absolute atomic E-state index is 12.0. The lowest BCUT2D eigenvalue weighted by Crippen LogP contribution is -2.51. The Bertz CT molecular complexity index is 729. The van der Waals surface area contributed by atoms with Crippen molar-refractivity contribution < 1.29 is 38.2 Å². The van der Waals surface area contributed by atoms with Gasteiger partial charge in [0.15, 0.2) is 0 Å². The first kappa shape index (κ1) is 39.2. The molecule has 0 saturated heterocycles. The molecule has 0 aromatic rings. The molecule has 0 aliphatic heterocycles. The van der Waals surface area contributed by atoms with Crippen LogP contribution in [0.1, 0.15) is 54.9 Å². The van der Waals surface area contributed by atoms with E-state index >= 15 is 0 Å². The zero-order chi connectivity index (χ0) is 29.9. The second-order valence-electron chi connectivity index (χ2n) is 7.80. The van der Waals surface area contributed by atoms with Crippen LogP contribution in [0.2, 0.25) is 0 Å². The van der Waals surface area contributed by atoms with Crippen molar-refractivity contribution in [3.05, 3.63) is 12.2 Å². The number of hydrogen-bond acceptors (Lipinski definition) is 8. The molecule has 6 amide bonds. The van der Waals surface area contributed by atoms with Gasteiger partial charge in [-0.3, -0.25) is 28.9 Å². The van der Waals surface area contributed by atoms with Crippen molar-refractivity contribution in [2.75, 3.05) is 46.1 Å². The standard InChI is InChI=1S/C19H31N3O7.C4H10N2O.C2H6/c1-5-6-17(26)22(13-23)7-8-28-9-10-29-12-16(25)21-18(14(2)3)19(27)20-11-15(4)24;1-2-3-6-4(5)7;1-2/h5-6,13-14,18H,7-12H2,1-4H3,(H,20,27)(H,21,25);2-3H2,1H3,(H3,5,6,7);1-2H3/b6-5-;;. The number of nitrogens with one attached hydrogen (secondary N) is 3. The number of carbonyl (C=O) groups excluding carboxylic acids is 6. The first-order valence-corrected chi connectivity index (χ1v) is 12.6. The van der Waals surface area contributed by atoms with E-state index in [-0.39, 0.29) is 51.2 Å². The molecule has 0 spiro atoms. The Labute approximate surface area is 226 Å². The van der Waals surface area contributed by atoms with E-state index in [2.05, 4.69) is 16.0 Å². The lowest BCUT2D eigenvalue weighted by molar-refractivity contribution is -0.135. The van der Waals surface area contributed by atoms with E-state index in [4.69, 9.17) is 15.2 Å². The van der Waals surface area contributed by atoms with E-state index in [9.17, 15) is 28.8 Å². The minimum Gasteiger partial charge on any atom is -0.377 e. The van der Waals surface area contributed by atoms with E-state index in [0.717, 1.165) is 11.3 Å². The lowest BCUT2D eigenvalue weighted by Gasteiger charge is -2.21. The van der Waals surface area contributed by atoms with Crippen LogP contribution in [0.3, 0.4) is 0 Å². The van der Waals surface area contributed by atoms with Crippen LogP contribution in [0.5, 0.6) is 0 Å². The lowest BCUT2D eigenvalue weighted by atomic mass is 10.0. The van der Waals surface area contributed by atoms with E-state index in [1.54, 1.807) is 20.8 Å². The highest BCUT2D eigenvalue weighted by molar-refractivity contribution is 5.94. The molecule has 0 aromatic carbocycles. The van der Waals surface area contributed by atoms with E-state index in [0.29, 0.717) is 13.0 Å². The summed E-state index contributed by atoms with van der Waals surface area (Å²) in [6.07, 6.45) is 4.18. The number of primary amides is 1. The third-order valence-corrected chi connectivity index (χ3v) is 4.13. The molecule has 0 aromatic heterocycles. The molecule has 13 nitrogen and oxygen atoms in total. The van der Waals surface area contributed by atoms with Crippen LogP contribution in [0.15, 0.2) is 12.2 Å². The minimum absolute atomic E-state index is 0.0897. The number of Topliss-reactive ketones (excluding diaryl/α,β-unsaturated/α-hetero) is 1. The SMILES string of the molecule is C/C=C\C(=O)N(C=O)CCOCCOCC(=O)NC(C(=O)NCC(C)=O)C(C)C.CC.CCCNC(N)=O. The molecule has 13 heteroatoms.